The summed E-state index contributed by atoms with van der Waals surface area (Å²) in [6.45, 7) is 8.49. The maximum atomic E-state index is 4.50. The van der Waals surface area contributed by atoms with Crippen molar-refractivity contribution in [3.05, 3.63) is 29.8 Å². The van der Waals surface area contributed by atoms with E-state index in [0.717, 1.165) is 23.7 Å². The van der Waals surface area contributed by atoms with E-state index in [-0.39, 0.29) is 5.41 Å². The Balaban J connectivity index is 2.06. The van der Waals surface area contributed by atoms with Crippen molar-refractivity contribution in [2.45, 2.75) is 34.1 Å². The van der Waals surface area contributed by atoms with Gasteiger partial charge in [-0.15, -0.1) is 0 Å². The summed E-state index contributed by atoms with van der Waals surface area (Å²) in [5, 5.41) is 4.40. The molecule has 0 amide bonds. The molecule has 3 nitrogen and oxygen atoms in total. The summed E-state index contributed by atoms with van der Waals surface area (Å²) in [4.78, 5) is 4.50. The molecular formula is C14H19N3. The predicted octanol–water partition coefficient (Wildman–Crippen LogP) is 3.28. The Morgan fingerprint density at radius 1 is 1.29 bits per heavy atom. The Kier molecular flexibility index (Phi) is 3.01. The molecule has 17 heavy (non-hydrogen) atoms. The third-order valence-electron chi connectivity index (χ3n) is 3.04. The summed E-state index contributed by atoms with van der Waals surface area (Å²) in [5.41, 5.74) is 6.57. The third kappa shape index (κ3) is 2.73. The van der Waals surface area contributed by atoms with Gasteiger partial charge in [0, 0.05) is 17.5 Å². The number of hydrazone groups is 1. The van der Waals surface area contributed by atoms with Crippen molar-refractivity contribution < 1.29 is 0 Å². The van der Waals surface area contributed by atoms with Crippen molar-refractivity contribution in [2.24, 2.45) is 15.5 Å². The molecule has 1 aliphatic heterocycles. The van der Waals surface area contributed by atoms with Crippen LogP contribution in [0.25, 0.3) is 0 Å². The van der Waals surface area contributed by atoms with E-state index in [1.165, 1.54) is 5.56 Å². The summed E-state index contributed by atoms with van der Waals surface area (Å²) in [6.07, 6.45) is 0.844. The van der Waals surface area contributed by atoms with Crippen LogP contribution >= 0.6 is 0 Å². The lowest BCUT2D eigenvalue weighted by Crippen LogP contribution is -2.24. The van der Waals surface area contributed by atoms with E-state index in [0.29, 0.717) is 0 Å². The molecule has 1 heterocycles. The number of hydrogen-bond acceptors (Lipinski definition) is 3. The van der Waals surface area contributed by atoms with Crippen LogP contribution in [0.4, 0.5) is 5.69 Å². The number of nitrogens with zero attached hydrogens (tertiary/aromatic N) is 2. The van der Waals surface area contributed by atoms with Gasteiger partial charge in [0.25, 0.3) is 0 Å². The van der Waals surface area contributed by atoms with Gasteiger partial charge in [0.1, 0.15) is 5.84 Å². The van der Waals surface area contributed by atoms with Gasteiger partial charge in [0.15, 0.2) is 0 Å². The van der Waals surface area contributed by atoms with Crippen molar-refractivity contribution in [2.75, 3.05) is 0 Å². The lowest BCUT2D eigenvalue weighted by atomic mass is 9.91. The number of amidine groups is 1. The first kappa shape index (κ1) is 11.8. The van der Waals surface area contributed by atoms with Gasteiger partial charge >= 0.3 is 0 Å². The van der Waals surface area contributed by atoms with Gasteiger partial charge in [-0.2, -0.15) is 5.10 Å². The zero-order valence-electron chi connectivity index (χ0n) is 10.9. The smallest absolute Gasteiger partial charge is 0.127 e. The molecule has 0 radical (unpaired) electrons. The fourth-order valence-electron chi connectivity index (χ4n) is 1.52. The van der Waals surface area contributed by atoms with Crippen LogP contribution in [0.3, 0.4) is 0 Å². The molecule has 0 spiro atoms. The molecule has 0 atom stereocenters. The minimum atomic E-state index is 0.0962. The molecule has 0 unspecified atom stereocenters. The molecule has 0 aliphatic carbocycles. The van der Waals surface area contributed by atoms with Crippen LogP contribution in [0.1, 0.15) is 33.3 Å². The topological polar surface area (TPSA) is 36.8 Å². The van der Waals surface area contributed by atoms with Gasteiger partial charge in [0.05, 0.1) is 5.69 Å². The van der Waals surface area contributed by atoms with Crippen LogP contribution in [0, 0.1) is 5.41 Å². The van der Waals surface area contributed by atoms with Gasteiger partial charge in [0.2, 0.25) is 0 Å². The molecule has 1 aromatic carbocycles. The maximum absolute atomic E-state index is 4.50. The van der Waals surface area contributed by atoms with E-state index in [1.807, 2.05) is 25.1 Å². The lowest BCUT2D eigenvalue weighted by Gasteiger charge is -2.17. The average molecular weight is 229 g/mol. The Labute approximate surface area is 103 Å². The highest BCUT2D eigenvalue weighted by Gasteiger charge is 2.16. The lowest BCUT2D eigenvalue weighted by molar-refractivity contribution is 0.583. The molecule has 1 aliphatic rings. The number of benzene rings is 1. The molecule has 0 saturated carbocycles. The summed E-state index contributed by atoms with van der Waals surface area (Å²) in [5.74, 6) is 0.926. The van der Waals surface area contributed by atoms with Crippen molar-refractivity contribution in [1.82, 2.24) is 5.43 Å². The van der Waals surface area contributed by atoms with E-state index in [2.05, 4.69) is 42.4 Å². The first-order valence-electron chi connectivity index (χ1n) is 5.93. The summed E-state index contributed by atoms with van der Waals surface area (Å²) in [6, 6.07) is 8.19. The SMILES string of the molecule is C/C(=N/NC1=Nc2ccccc2C1)C(C)(C)C. The van der Waals surface area contributed by atoms with E-state index < -0.39 is 0 Å². The molecule has 0 aromatic heterocycles. The van der Waals surface area contributed by atoms with Gasteiger partial charge in [-0.1, -0.05) is 39.0 Å². The predicted molar refractivity (Wildman–Crippen MR) is 72.9 cm³/mol. The Bertz CT molecular complexity index is 478. The van der Waals surface area contributed by atoms with Crippen LogP contribution in [0.5, 0.6) is 0 Å². The minimum absolute atomic E-state index is 0.0962. The van der Waals surface area contributed by atoms with Crippen LogP contribution < -0.4 is 5.43 Å². The monoisotopic (exact) mass is 229 g/mol. The molecule has 0 saturated heterocycles. The second kappa shape index (κ2) is 4.32. The number of hydrogen-bond donors (Lipinski definition) is 1. The number of rotatable bonds is 1. The Morgan fingerprint density at radius 2 is 2.00 bits per heavy atom. The van der Waals surface area contributed by atoms with Crippen molar-refractivity contribution >= 4 is 17.2 Å². The highest BCUT2D eigenvalue weighted by molar-refractivity contribution is 5.94. The summed E-state index contributed by atoms with van der Waals surface area (Å²) >= 11 is 0. The molecule has 1 N–H and O–H groups in total. The highest BCUT2D eigenvalue weighted by atomic mass is 15.3. The molecule has 2 rings (SSSR count). The number of para-hydroxylation sites is 1. The van der Waals surface area contributed by atoms with Crippen molar-refractivity contribution in [3.8, 4) is 0 Å². The number of fused-ring (bicyclic) bond motifs is 1. The van der Waals surface area contributed by atoms with Crippen LogP contribution in [0.15, 0.2) is 34.4 Å². The first-order chi connectivity index (χ1) is 7.97. The third-order valence-corrected chi connectivity index (χ3v) is 3.04. The Morgan fingerprint density at radius 3 is 2.65 bits per heavy atom. The van der Waals surface area contributed by atoms with Gasteiger partial charge in [-0.25, -0.2) is 4.99 Å². The summed E-state index contributed by atoms with van der Waals surface area (Å²) in [7, 11) is 0. The number of aliphatic imine (C=N–C) groups is 1. The van der Waals surface area contributed by atoms with Crippen LogP contribution in [-0.4, -0.2) is 11.5 Å². The van der Waals surface area contributed by atoms with E-state index >= 15 is 0 Å². The highest BCUT2D eigenvalue weighted by Crippen LogP contribution is 2.25. The molecule has 0 bridgehead atoms. The van der Waals surface area contributed by atoms with E-state index in [9.17, 15) is 0 Å². The van der Waals surface area contributed by atoms with Gasteiger partial charge in [-0.3, -0.25) is 5.43 Å². The van der Waals surface area contributed by atoms with Crippen molar-refractivity contribution in [3.63, 3.8) is 0 Å². The summed E-state index contributed by atoms with van der Waals surface area (Å²) < 4.78 is 0. The van der Waals surface area contributed by atoms with Crippen molar-refractivity contribution in [1.29, 1.82) is 0 Å². The molecular weight excluding hydrogens is 210 g/mol. The van der Waals surface area contributed by atoms with E-state index in [1.54, 1.807) is 0 Å². The molecule has 0 fully saturated rings. The zero-order valence-corrected chi connectivity index (χ0v) is 10.9. The van der Waals surface area contributed by atoms with Crippen LogP contribution in [-0.2, 0) is 6.42 Å². The second-order valence-corrected chi connectivity index (χ2v) is 5.42. The quantitative estimate of drug-likeness (QED) is 0.582. The largest absolute Gasteiger partial charge is 0.265 e. The molecule has 1 aromatic rings. The van der Waals surface area contributed by atoms with Gasteiger partial charge < -0.3 is 0 Å². The molecule has 90 valence electrons. The minimum Gasteiger partial charge on any atom is -0.265 e. The van der Waals surface area contributed by atoms with Crippen LogP contribution in [0.2, 0.25) is 0 Å². The van der Waals surface area contributed by atoms with E-state index in [4.69, 9.17) is 0 Å². The molecule has 3 heteroatoms. The zero-order chi connectivity index (χ0) is 12.5. The standard InChI is InChI=1S/C14H19N3/c1-10(14(2,3)4)16-17-13-9-11-7-5-6-8-12(11)15-13/h5-8H,9H2,1-4H3,(H,15,17)/b16-10-. The fourth-order valence-corrected chi connectivity index (χ4v) is 1.52. The maximum Gasteiger partial charge on any atom is 0.127 e. The first-order valence-corrected chi connectivity index (χ1v) is 5.93. The normalized spacial score (nSPS) is 15.5. The number of nitrogens with one attached hydrogen (secondary N) is 1. The van der Waals surface area contributed by atoms with Gasteiger partial charge in [-0.05, 0) is 18.6 Å². The Hall–Kier alpha value is -1.64. The fraction of sp³-hybridized carbons (Fsp3) is 0.429. The second-order valence-electron chi connectivity index (χ2n) is 5.42. The average Bonchev–Trinajstić information content (AvgIpc) is 2.66.